The van der Waals surface area contributed by atoms with Crippen LogP contribution in [-0.2, 0) is 4.79 Å². The van der Waals surface area contributed by atoms with Crippen molar-refractivity contribution in [3.05, 3.63) is 0 Å². The van der Waals surface area contributed by atoms with Crippen molar-refractivity contribution in [1.82, 2.24) is 15.5 Å². The Balaban J connectivity index is 1.96. The van der Waals surface area contributed by atoms with Crippen LogP contribution >= 0.6 is 0 Å². The molecule has 2 rings (SSSR count). The van der Waals surface area contributed by atoms with Crippen LogP contribution in [-0.4, -0.2) is 50.1 Å². The number of carbonyl (C=O) groups excluding carboxylic acids is 1. The lowest BCUT2D eigenvalue weighted by Crippen LogP contribution is -2.56. The van der Waals surface area contributed by atoms with Crippen LogP contribution in [0.25, 0.3) is 0 Å². The van der Waals surface area contributed by atoms with Gasteiger partial charge in [-0.15, -0.1) is 0 Å². The van der Waals surface area contributed by atoms with Crippen LogP contribution in [0.1, 0.15) is 51.9 Å². The fraction of sp³-hybridized carbons (Fsp3) is 0.938. The largest absolute Gasteiger partial charge is 0.354 e. The first-order valence-corrected chi connectivity index (χ1v) is 8.21. The highest BCUT2D eigenvalue weighted by atomic mass is 16.2. The first-order valence-electron chi connectivity index (χ1n) is 8.21. The van der Waals surface area contributed by atoms with Gasteiger partial charge in [0.2, 0.25) is 5.91 Å². The van der Waals surface area contributed by atoms with Crippen LogP contribution in [0.3, 0.4) is 0 Å². The van der Waals surface area contributed by atoms with E-state index >= 15 is 0 Å². The summed E-state index contributed by atoms with van der Waals surface area (Å²) in [6.45, 7) is 4.84. The molecule has 2 aliphatic rings. The van der Waals surface area contributed by atoms with E-state index in [1.54, 1.807) is 0 Å². The molecule has 1 amide bonds. The van der Waals surface area contributed by atoms with Gasteiger partial charge in [-0.05, 0) is 52.7 Å². The van der Waals surface area contributed by atoms with Crippen LogP contribution in [0.15, 0.2) is 0 Å². The molecule has 0 aromatic carbocycles. The molecule has 0 spiro atoms. The molecule has 0 aromatic heterocycles. The van der Waals surface area contributed by atoms with Gasteiger partial charge in [0, 0.05) is 18.6 Å². The summed E-state index contributed by atoms with van der Waals surface area (Å²) in [7, 11) is 4.30. The molecule has 1 saturated carbocycles. The Morgan fingerprint density at radius 2 is 1.90 bits per heavy atom. The Morgan fingerprint density at radius 3 is 2.40 bits per heavy atom. The van der Waals surface area contributed by atoms with E-state index in [1.807, 2.05) is 0 Å². The number of nitrogens with one attached hydrogen (secondary N) is 2. The molecule has 20 heavy (non-hydrogen) atoms. The summed E-state index contributed by atoms with van der Waals surface area (Å²) in [5, 5.41) is 6.68. The van der Waals surface area contributed by atoms with Gasteiger partial charge in [-0.2, -0.15) is 0 Å². The van der Waals surface area contributed by atoms with Gasteiger partial charge in [0.1, 0.15) is 0 Å². The molecule has 1 aliphatic heterocycles. The maximum atomic E-state index is 12.7. The molecule has 1 saturated heterocycles. The Hall–Kier alpha value is -0.610. The van der Waals surface area contributed by atoms with Crippen LogP contribution in [0.5, 0.6) is 0 Å². The van der Waals surface area contributed by atoms with Crippen molar-refractivity contribution in [2.75, 3.05) is 33.7 Å². The van der Waals surface area contributed by atoms with Crippen molar-refractivity contribution < 1.29 is 4.79 Å². The molecular weight excluding hydrogens is 250 g/mol. The zero-order chi connectivity index (χ0) is 14.6. The van der Waals surface area contributed by atoms with E-state index in [0.717, 1.165) is 38.9 Å². The number of amides is 1. The topological polar surface area (TPSA) is 44.4 Å². The van der Waals surface area contributed by atoms with Crippen molar-refractivity contribution in [1.29, 1.82) is 0 Å². The zero-order valence-corrected chi connectivity index (χ0v) is 13.4. The average Bonchev–Trinajstić information content (AvgIpc) is 2.95. The third-order valence-electron chi connectivity index (χ3n) is 5.69. The Morgan fingerprint density at radius 1 is 1.20 bits per heavy atom. The van der Waals surface area contributed by atoms with E-state index in [1.165, 1.54) is 25.7 Å². The molecule has 0 aromatic rings. The lowest BCUT2D eigenvalue weighted by molar-refractivity contribution is -0.133. The molecule has 2 N–H and O–H groups in total. The summed E-state index contributed by atoms with van der Waals surface area (Å²) in [4.78, 5) is 15.0. The maximum absolute atomic E-state index is 12.7. The lowest BCUT2D eigenvalue weighted by Gasteiger charge is -2.40. The molecule has 0 bridgehead atoms. The third kappa shape index (κ3) is 3.01. The van der Waals surface area contributed by atoms with E-state index in [4.69, 9.17) is 0 Å². The quantitative estimate of drug-likeness (QED) is 0.807. The van der Waals surface area contributed by atoms with Crippen LogP contribution in [0, 0.1) is 5.41 Å². The summed E-state index contributed by atoms with van der Waals surface area (Å²) < 4.78 is 0. The molecule has 1 atom stereocenters. The molecule has 4 nitrogen and oxygen atoms in total. The van der Waals surface area contributed by atoms with Crippen LogP contribution in [0.4, 0.5) is 0 Å². The molecule has 116 valence electrons. The van der Waals surface area contributed by atoms with E-state index < -0.39 is 0 Å². The fourth-order valence-electron chi connectivity index (χ4n) is 3.87. The molecule has 1 unspecified atom stereocenters. The molecule has 2 fully saturated rings. The van der Waals surface area contributed by atoms with Gasteiger partial charge < -0.3 is 15.5 Å². The first-order chi connectivity index (χ1) is 9.55. The number of hydrogen-bond donors (Lipinski definition) is 2. The lowest BCUT2D eigenvalue weighted by atomic mass is 9.77. The van der Waals surface area contributed by atoms with Gasteiger partial charge in [-0.3, -0.25) is 4.79 Å². The van der Waals surface area contributed by atoms with Crippen molar-refractivity contribution in [3.63, 3.8) is 0 Å². The SMILES string of the molecule is CCC1(C(=O)NCC2(N(C)C)CCCC2)CCCNC1. The monoisotopic (exact) mass is 281 g/mol. The normalized spacial score (nSPS) is 29.6. The molecular formula is C16H31N3O. The van der Waals surface area contributed by atoms with Crippen LogP contribution < -0.4 is 10.6 Å². The number of hydrogen-bond acceptors (Lipinski definition) is 3. The smallest absolute Gasteiger partial charge is 0.227 e. The number of nitrogens with zero attached hydrogens (tertiary/aromatic N) is 1. The summed E-state index contributed by atoms with van der Waals surface area (Å²) in [6.07, 6.45) is 8.05. The molecule has 4 heteroatoms. The highest BCUT2D eigenvalue weighted by Gasteiger charge is 2.41. The highest BCUT2D eigenvalue weighted by molar-refractivity contribution is 5.83. The number of carbonyl (C=O) groups is 1. The van der Waals surface area contributed by atoms with Crippen molar-refractivity contribution in [3.8, 4) is 0 Å². The van der Waals surface area contributed by atoms with Gasteiger partial charge in [0.05, 0.1) is 5.41 Å². The predicted molar refractivity (Wildman–Crippen MR) is 82.7 cm³/mol. The van der Waals surface area contributed by atoms with Gasteiger partial charge in [-0.1, -0.05) is 19.8 Å². The van der Waals surface area contributed by atoms with Crippen molar-refractivity contribution >= 4 is 5.91 Å². The van der Waals surface area contributed by atoms with Gasteiger partial charge >= 0.3 is 0 Å². The standard InChI is InChI=1S/C16H31N3O/c1-4-15(8-7-11-17-12-15)14(20)18-13-16(19(2)3)9-5-6-10-16/h17H,4-13H2,1-3H3,(H,18,20). The van der Waals surface area contributed by atoms with E-state index in [2.05, 4.69) is 36.6 Å². The van der Waals surface area contributed by atoms with Crippen molar-refractivity contribution in [2.45, 2.75) is 57.4 Å². The summed E-state index contributed by atoms with van der Waals surface area (Å²) in [6, 6.07) is 0. The molecule has 1 heterocycles. The second-order valence-corrected chi connectivity index (χ2v) is 6.92. The second-order valence-electron chi connectivity index (χ2n) is 6.92. The average molecular weight is 281 g/mol. The first kappa shape index (κ1) is 15.8. The summed E-state index contributed by atoms with van der Waals surface area (Å²) in [5.41, 5.74) is 0.0110. The highest BCUT2D eigenvalue weighted by Crippen LogP contribution is 2.34. The van der Waals surface area contributed by atoms with Gasteiger partial charge in [0.25, 0.3) is 0 Å². The van der Waals surface area contributed by atoms with E-state index in [9.17, 15) is 4.79 Å². The Bertz CT molecular complexity index is 329. The van der Waals surface area contributed by atoms with E-state index in [0.29, 0.717) is 0 Å². The van der Waals surface area contributed by atoms with E-state index in [-0.39, 0.29) is 16.9 Å². The third-order valence-corrected chi connectivity index (χ3v) is 5.69. The Labute approximate surface area is 123 Å². The minimum absolute atomic E-state index is 0.176. The van der Waals surface area contributed by atoms with Crippen LogP contribution in [0.2, 0.25) is 0 Å². The molecule has 1 aliphatic carbocycles. The minimum atomic E-state index is -0.176. The maximum Gasteiger partial charge on any atom is 0.227 e. The Kier molecular flexibility index (Phi) is 5.08. The number of likely N-dealkylation sites (N-methyl/N-ethyl adjacent to an activating group) is 1. The number of piperidine rings is 1. The van der Waals surface area contributed by atoms with Gasteiger partial charge in [-0.25, -0.2) is 0 Å². The molecule has 0 radical (unpaired) electrons. The zero-order valence-electron chi connectivity index (χ0n) is 13.4. The van der Waals surface area contributed by atoms with Crippen molar-refractivity contribution in [2.24, 2.45) is 5.41 Å². The number of rotatable bonds is 5. The second kappa shape index (κ2) is 6.44. The van der Waals surface area contributed by atoms with Gasteiger partial charge in [0.15, 0.2) is 0 Å². The fourth-order valence-corrected chi connectivity index (χ4v) is 3.87. The minimum Gasteiger partial charge on any atom is -0.354 e. The predicted octanol–water partition coefficient (Wildman–Crippen LogP) is 1.76. The summed E-state index contributed by atoms with van der Waals surface area (Å²) in [5.74, 6) is 0.264. The summed E-state index contributed by atoms with van der Waals surface area (Å²) >= 11 is 0.